The molecule has 0 saturated heterocycles. The maximum absolute atomic E-state index is 11.6. The number of hydrogen-bond acceptors (Lipinski definition) is 4. The molecule has 0 aliphatic heterocycles. The molecule has 20 heavy (non-hydrogen) atoms. The second-order valence-electron chi connectivity index (χ2n) is 4.25. The lowest BCUT2D eigenvalue weighted by Crippen LogP contribution is -2.31. The largest absolute Gasteiger partial charge is 0.325 e. The zero-order valence-electron chi connectivity index (χ0n) is 11.1. The number of nitrogens with one attached hydrogen (secondary N) is 3. The zero-order valence-corrected chi connectivity index (χ0v) is 13.6. The third kappa shape index (κ3) is 8.26. The number of carbonyl (C=O) groups excluding carboxylic acids is 1. The highest BCUT2D eigenvalue weighted by Crippen LogP contribution is 2.13. The van der Waals surface area contributed by atoms with E-state index in [0.29, 0.717) is 19.5 Å². The van der Waals surface area contributed by atoms with Crippen molar-refractivity contribution in [3.63, 3.8) is 0 Å². The summed E-state index contributed by atoms with van der Waals surface area (Å²) < 4.78 is 24.9. The summed E-state index contributed by atoms with van der Waals surface area (Å²) in [4.78, 5) is 11.6. The minimum absolute atomic E-state index is 0.136. The predicted octanol–water partition coefficient (Wildman–Crippen LogP) is 0.916. The van der Waals surface area contributed by atoms with Crippen LogP contribution in [0, 0.1) is 0 Å². The van der Waals surface area contributed by atoms with Crippen LogP contribution in [0.15, 0.2) is 28.7 Å². The maximum atomic E-state index is 11.6. The average molecular weight is 364 g/mol. The van der Waals surface area contributed by atoms with Crippen molar-refractivity contribution in [2.24, 2.45) is 0 Å². The number of benzene rings is 1. The number of anilines is 1. The van der Waals surface area contributed by atoms with Gasteiger partial charge in [0, 0.05) is 16.7 Å². The van der Waals surface area contributed by atoms with E-state index in [1.807, 2.05) is 12.1 Å². The molecule has 8 heteroatoms. The van der Waals surface area contributed by atoms with E-state index in [4.69, 9.17) is 0 Å². The van der Waals surface area contributed by atoms with Gasteiger partial charge in [-0.3, -0.25) is 4.79 Å². The van der Waals surface area contributed by atoms with E-state index < -0.39 is 10.0 Å². The van der Waals surface area contributed by atoms with Crippen molar-refractivity contribution in [3.8, 4) is 0 Å². The van der Waals surface area contributed by atoms with Gasteiger partial charge in [0.15, 0.2) is 0 Å². The normalized spacial score (nSPS) is 11.3. The highest BCUT2D eigenvalue weighted by molar-refractivity contribution is 9.10. The lowest BCUT2D eigenvalue weighted by atomic mass is 10.3. The Labute approximate surface area is 127 Å². The molecule has 112 valence electrons. The second-order valence-corrected chi connectivity index (χ2v) is 7.00. The molecule has 0 aromatic heterocycles. The lowest BCUT2D eigenvalue weighted by molar-refractivity contribution is -0.115. The van der Waals surface area contributed by atoms with Gasteiger partial charge in [0.1, 0.15) is 0 Å². The SMILES string of the molecule is CS(=O)(=O)NCCCNCC(=O)Nc1ccc(Br)cc1. The van der Waals surface area contributed by atoms with Crippen molar-refractivity contribution in [2.75, 3.05) is 31.2 Å². The quantitative estimate of drug-likeness (QED) is 0.599. The molecule has 0 heterocycles. The smallest absolute Gasteiger partial charge is 0.238 e. The lowest BCUT2D eigenvalue weighted by Gasteiger charge is -2.07. The zero-order chi connectivity index (χ0) is 15.0. The van der Waals surface area contributed by atoms with Crippen LogP contribution in [0.1, 0.15) is 6.42 Å². The predicted molar refractivity (Wildman–Crippen MR) is 83.1 cm³/mol. The fourth-order valence-corrected chi connectivity index (χ4v) is 2.19. The van der Waals surface area contributed by atoms with Crippen LogP contribution in [0.3, 0.4) is 0 Å². The van der Waals surface area contributed by atoms with Crippen LogP contribution >= 0.6 is 15.9 Å². The van der Waals surface area contributed by atoms with E-state index in [1.165, 1.54) is 0 Å². The van der Waals surface area contributed by atoms with Crippen LogP contribution in [0.5, 0.6) is 0 Å². The first-order chi connectivity index (χ1) is 9.37. The first kappa shape index (κ1) is 17.1. The third-order valence-electron chi connectivity index (χ3n) is 2.31. The number of halogens is 1. The second kappa shape index (κ2) is 8.35. The van der Waals surface area contributed by atoms with Gasteiger partial charge in [0.2, 0.25) is 15.9 Å². The Balaban J connectivity index is 2.13. The van der Waals surface area contributed by atoms with Gasteiger partial charge in [-0.05, 0) is 37.2 Å². The molecule has 3 N–H and O–H groups in total. The number of rotatable bonds is 8. The Morgan fingerprint density at radius 2 is 1.85 bits per heavy atom. The molecule has 1 amide bonds. The Hall–Kier alpha value is -0.960. The molecule has 1 aromatic rings. The van der Waals surface area contributed by atoms with Crippen LogP contribution in [-0.4, -0.2) is 40.2 Å². The molecule has 1 aromatic carbocycles. The van der Waals surface area contributed by atoms with Gasteiger partial charge in [-0.1, -0.05) is 15.9 Å². The summed E-state index contributed by atoms with van der Waals surface area (Å²) in [6.45, 7) is 1.12. The topological polar surface area (TPSA) is 87.3 Å². The summed E-state index contributed by atoms with van der Waals surface area (Å²) in [6.07, 6.45) is 1.74. The van der Waals surface area contributed by atoms with Crippen molar-refractivity contribution in [1.82, 2.24) is 10.0 Å². The molecule has 0 bridgehead atoms. The van der Waals surface area contributed by atoms with Crippen LogP contribution in [0.25, 0.3) is 0 Å². The van der Waals surface area contributed by atoms with Gasteiger partial charge in [0.05, 0.1) is 12.8 Å². The number of sulfonamides is 1. The third-order valence-corrected chi connectivity index (χ3v) is 3.57. The van der Waals surface area contributed by atoms with Crippen molar-refractivity contribution in [3.05, 3.63) is 28.7 Å². The van der Waals surface area contributed by atoms with E-state index in [1.54, 1.807) is 12.1 Å². The Kier molecular flexibility index (Phi) is 7.14. The average Bonchev–Trinajstić information content (AvgIpc) is 2.35. The molecule has 1 rings (SSSR count). The fraction of sp³-hybridized carbons (Fsp3) is 0.417. The molecule has 0 radical (unpaired) electrons. The highest BCUT2D eigenvalue weighted by atomic mass is 79.9. The van der Waals surface area contributed by atoms with Gasteiger partial charge < -0.3 is 10.6 Å². The first-order valence-corrected chi connectivity index (χ1v) is 8.76. The van der Waals surface area contributed by atoms with E-state index >= 15 is 0 Å². The standard InChI is InChI=1S/C12H18BrN3O3S/c1-20(18,19)15-8-2-7-14-9-12(17)16-11-5-3-10(13)4-6-11/h3-6,14-15H,2,7-9H2,1H3,(H,16,17). The number of hydrogen-bond donors (Lipinski definition) is 3. The van der Waals surface area contributed by atoms with Gasteiger partial charge >= 0.3 is 0 Å². The van der Waals surface area contributed by atoms with Crippen LogP contribution in [-0.2, 0) is 14.8 Å². The van der Waals surface area contributed by atoms with Gasteiger partial charge in [-0.2, -0.15) is 0 Å². The van der Waals surface area contributed by atoms with E-state index in [2.05, 4.69) is 31.3 Å². The molecule has 0 aliphatic rings. The Morgan fingerprint density at radius 3 is 2.45 bits per heavy atom. The molecule has 0 unspecified atom stereocenters. The molecule has 0 atom stereocenters. The minimum Gasteiger partial charge on any atom is -0.325 e. The van der Waals surface area contributed by atoms with E-state index in [9.17, 15) is 13.2 Å². The maximum Gasteiger partial charge on any atom is 0.238 e. The van der Waals surface area contributed by atoms with Crippen LogP contribution < -0.4 is 15.4 Å². The molecule has 0 saturated carbocycles. The van der Waals surface area contributed by atoms with E-state index in [-0.39, 0.29) is 12.5 Å². The summed E-state index contributed by atoms with van der Waals surface area (Å²) in [6, 6.07) is 7.30. The Bertz CT molecular complexity index is 531. The molecular weight excluding hydrogens is 346 g/mol. The summed E-state index contributed by atoms with van der Waals surface area (Å²) in [5.41, 5.74) is 0.735. The minimum atomic E-state index is -3.13. The van der Waals surface area contributed by atoms with Crippen molar-refractivity contribution in [1.29, 1.82) is 0 Å². The van der Waals surface area contributed by atoms with Crippen molar-refractivity contribution < 1.29 is 13.2 Å². The molecule has 0 fully saturated rings. The van der Waals surface area contributed by atoms with E-state index in [0.717, 1.165) is 16.4 Å². The number of amides is 1. The van der Waals surface area contributed by atoms with Crippen molar-refractivity contribution >= 4 is 37.5 Å². The highest BCUT2D eigenvalue weighted by Gasteiger charge is 2.02. The Morgan fingerprint density at radius 1 is 1.20 bits per heavy atom. The summed E-state index contributed by atoms with van der Waals surface area (Å²) in [5.74, 6) is -0.136. The first-order valence-electron chi connectivity index (χ1n) is 6.07. The van der Waals surface area contributed by atoms with Gasteiger partial charge in [0.25, 0.3) is 0 Å². The summed E-state index contributed by atoms with van der Waals surface area (Å²) in [5, 5.41) is 5.70. The molecule has 0 spiro atoms. The van der Waals surface area contributed by atoms with Gasteiger partial charge in [-0.15, -0.1) is 0 Å². The van der Waals surface area contributed by atoms with Crippen molar-refractivity contribution in [2.45, 2.75) is 6.42 Å². The number of carbonyl (C=O) groups is 1. The van der Waals surface area contributed by atoms with Crippen LogP contribution in [0.4, 0.5) is 5.69 Å². The summed E-state index contributed by atoms with van der Waals surface area (Å²) in [7, 11) is -3.13. The summed E-state index contributed by atoms with van der Waals surface area (Å²) >= 11 is 3.32. The van der Waals surface area contributed by atoms with Gasteiger partial charge in [-0.25, -0.2) is 13.1 Å². The monoisotopic (exact) mass is 363 g/mol. The molecule has 0 aliphatic carbocycles. The molecular formula is C12H18BrN3O3S. The molecule has 6 nitrogen and oxygen atoms in total. The fourth-order valence-electron chi connectivity index (χ4n) is 1.41. The van der Waals surface area contributed by atoms with Crippen LogP contribution in [0.2, 0.25) is 0 Å².